The van der Waals surface area contributed by atoms with E-state index in [1.807, 2.05) is 0 Å². The molecule has 0 aliphatic heterocycles. The SMILES string of the molecule is CCCCCCc1cc(C)c(C(=O)OCC)c(=O)o1. The molecule has 4 heteroatoms. The summed E-state index contributed by atoms with van der Waals surface area (Å²) in [5.74, 6) is 0.0398. The van der Waals surface area contributed by atoms with Crippen LogP contribution in [0, 0.1) is 6.92 Å². The maximum atomic E-state index is 11.8. The maximum Gasteiger partial charge on any atom is 0.350 e. The average Bonchev–Trinajstić information content (AvgIpc) is 2.34. The number of hydrogen-bond acceptors (Lipinski definition) is 4. The number of rotatable bonds is 7. The standard InChI is InChI=1S/C15H22O4/c1-4-6-7-8-9-12-10-11(3)13(15(17)19-12)14(16)18-5-2/h10H,4-9H2,1-3H3. The molecule has 1 aromatic rings. The van der Waals surface area contributed by atoms with Crippen molar-refractivity contribution in [3.63, 3.8) is 0 Å². The Morgan fingerprint density at radius 1 is 1.26 bits per heavy atom. The highest BCUT2D eigenvalue weighted by atomic mass is 16.5. The molecule has 0 aliphatic rings. The first-order valence-electron chi connectivity index (χ1n) is 6.90. The molecule has 1 heterocycles. The van der Waals surface area contributed by atoms with Gasteiger partial charge in [-0.3, -0.25) is 0 Å². The molecule has 0 aromatic carbocycles. The lowest BCUT2D eigenvalue weighted by molar-refractivity contribution is 0.0520. The summed E-state index contributed by atoms with van der Waals surface area (Å²) >= 11 is 0. The quantitative estimate of drug-likeness (QED) is 0.561. The molecule has 0 N–H and O–H groups in total. The molecule has 0 saturated heterocycles. The van der Waals surface area contributed by atoms with Crippen LogP contribution in [0.2, 0.25) is 0 Å². The summed E-state index contributed by atoms with van der Waals surface area (Å²) in [4.78, 5) is 23.4. The van der Waals surface area contributed by atoms with E-state index >= 15 is 0 Å². The van der Waals surface area contributed by atoms with Crippen molar-refractivity contribution in [3.8, 4) is 0 Å². The number of ether oxygens (including phenoxy) is 1. The summed E-state index contributed by atoms with van der Waals surface area (Å²) in [5.41, 5.74) is 0.0447. The van der Waals surface area contributed by atoms with Crippen molar-refractivity contribution >= 4 is 5.97 Å². The van der Waals surface area contributed by atoms with Crippen molar-refractivity contribution in [2.45, 2.75) is 52.9 Å². The molecule has 0 amide bonds. The van der Waals surface area contributed by atoms with Gasteiger partial charge in [-0.05, 0) is 31.9 Å². The fourth-order valence-electron chi connectivity index (χ4n) is 1.97. The van der Waals surface area contributed by atoms with Gasteiger partial charge in [0.05, 0.1) is 6.61 Å². The Bertz CT molecular complexity index is 474. The summed E-state index contributed by atoms with van der Waals surface area (Å²) in [5, 5.41) is 0. The van der Waals surface area contributed by atoms with Crippen molar-refractivity contribution in [3.05, 3.63) is 33.4 Å². The van der Waals surface area contributed by atoms with Gasteiger partial charge in [0, 0.05) is 6.42 Å². The third kappa shape index (κ3) is 4.54. The number of carbonyl (C=O) groups is 1. The zero-order chi connectivity index (χ0) is 14.3. The molecule has 0 bridgehead atoms. The van der Waals surface area contributed by atoms with E-state index in [1.165, 1.54) is 12.8 Å². The van der Waals surface area contributed by atoms with E-state index in [1.54, 1.807) is 19.9 Å². The lowest BCUT2D eigenvalue weighted by atomic mass is 10.1. The monoisotopic (exact) mass is 266 g/mol. The minimum absolute atomic E-state index is 0.0131. The topological polar surface area (TPSA) is 56.5 Å². The predicted octanol–water partition coefficient (Wildman–Crippen LogP) is 3.25. The van der Waals surface area contributed by atoms with E-state index < -0.39 is 11.6 Å². The number of carbonyl (C=O) groups excluding carboxylic acids is 1. The second-order valence-corrected chi connectivity index (χ2v) is 4.59. The molecule has 0 atom stereocenters. The fourth-order valence-corrected chi connectivity index (χ4v) is 1.97. The van der Waals surface area contributed by atoms with Crippen LogP contribution in [0.25, 0.3) is 0 Å². The molecule has 4 nitrogen and oxygen atoms in total. The molecule has 0 saturated carbocycles. The van der Waals surface area contributed by atoms with Crippen LogP contribution < -0.4 is 5.63 Å². The second-order valence-electron chi connectivity index (χ2n) is 4.59. The van der Waals surface area contributed by atoms with Gasteiger partial charge in [0.15, 0.2) is 0 Å². The number of unbranched alkanes of at least 4 members (excludes halogenated alkanes) is 3. The average molecular weight is 266 g/mol. The highest BCUT2D eigenvalue weighted by Crippen LogP contribution is 2.11. The zero-order valence-corrected chi connectivity index (χ0v) is 12.0. The Morgan fingerprint density at radius 3 is 2.58 bits per heavy atom. The normalized spacial score (nSPS) is 10.5. The van der Waals surface area contributed by atoms with E-state index in [2.05, 4.69) is 6.92 Å². The largest absolute Gasteiger partial charge is 0.462 e. The van der Waals surface area contributed by atoms with Gasteiger partial charge in [-0.2, -0.15) is 0 Å². The summed E-state index contributed by atoms with van der Waals surface area (Å²) in [6, 6.07) is 1.76. The van der Waals surface area contributed by atoms with Gasteiger partial charge in [0.2, 0.25) is 0 Å². The highest BCUT2D eigenvalue weighted by Gasteiger charge is 2.17. The zero-order valence-electron chi connectivity index (χ0n) is 12.0. The van der Waals surface area contributed by atoms with Crippen molar-refractivity contribution in [1.29, 1.82) is 0 Å². The fraction of sp³-hybridized carbons (Fsp3) is 0.600. The van der Waals surface area contributed by atoms with Gasteiger partial charge in [-0.25, -0.2) is 9.59 Å². The summed E-state index contributed by atoms with van der Waals surface area (Å²) in [6.45, 7) is 5.84. The molecular formula is C15H22O4. The number of hydrogen-bond donors (Lipinski definition) is 0. The summed E-state index contributed by atoms with van der Waals surface area (Å²) < 4.78 is 10.0. The van der Waals surface area contributed by atoms with Crippen LogP contribution in [0.15, 0.2) is 15.3 Å². The van der Waals surface area contributed by atoms with Crippen LogP contribution in [-0.4, -0.2) is 12.6 Å². The molecule has 0 unspecified atom stereocenters. The Labute approximate surface area is 113 Å². The van der Waals surface area contributed by atoms with Crippen LogP contribution in [0.1, 0.15) is 61.2 Å². The molecule has 1 rings (SSSR count). The van der Waals surface area contributed by atoms with Gasteiger partial charge >= 0.3 is 11.6 Å². The molecule has 0 aliphatic carbocycles. The third-order valence-electron chi connectivity index (χ3n) is 2.96. The number of aryl methyl sites for hydroxylation is 2. The smallest absolute Gasteiger partial charge is 0.350 e. The molecule has 1 aromatic heterocycles. The van der Waals surface area contributed by atoms with Crippen LogP contribution in [-0.2, 0) is 11.2 Å². The number of esters is 1. The first-order valence-corrected chi connectivity index (χ1v) is 6.90. The van der Waals surface area contributed by atoms with E-state index in [4.69, 9.17) is 9.15 Å². The van der Waals surface area contributed by atoms with Crippen LogP contribution in [0.4, 0.5) is 0 Å². The van der Waals surface area contributed by atoms with Crippen LogP contribution in [0.5, 0.6) is 0 Å². The van der Waals surface area contributed by atoms with Gasteiger partial charge < -0.3 is 9.15 Å². The first-order chi connectivity index (χ1) is 9.10. The Kier molecular flexibility index (Phi) is 6.33. The van der Waals surface area contributed by atoms with Crippen molar-refractivity contribution in [2.24, 2.45) is 0 Å². The van der Waals surface area contributed by atoms with E-state index in [-0.39, 0.29) is 12.2 Å². The molecule has 19 heavy (non-hydrogen) atoms. The Hall–Kier alpha value is -1.58. The van der Waals surface area contributed by atoms with Crippen LogP contribution in [0.3, 0.4) is 0 Å². The molecule has 0 radical (unpaired) electrons. The summed E-state index contributed by atoms with van der Waals surface area (Å²) in [6.07, 6.45) is 5.21. The lowest BCUT2D eigenvalue weighted by Gasteiger charge is -2.06. The van der Waals surface area contributed by atoms with Crippen molar-refractivity contribution in [2.75, 3.05) is 6.61 Å². The molecule has 0 fully saturated rings. The molecule has 106 valence electrons. The second kappa shape index (κ2) is 7.77. The van der Waals surface area contributed by atoms with Gasteiger partial charge in [0.25, 0.3) is 0 Å². The molecule has 0 spiro atoms. The highest BCUT2D eigenvalue weighted by molar-refractivity contribution is 5.90. The lowest BCUT2D eigenvalue weighted by Crippen LogP contribution is -2.19. The Morgan fingerprint density at radius 2 is 2.00 bits per heavy atom. The van der Waals surface area contributed by atoms with Gasteiger partial charge in [-0.1, -0.05) is 26.2 Å². The van der Waals surface area contributed by atoms with E-state index in [0.29, 0.717) is 11.3 Å². The predicted molar refractivity (Wildman–Crippen MR) is 73.5 cm³/mol. The van der Waals surface area contributed by atoms with E-state index in [0.717, 1.165) is 19.3 Å². The van der Waals surface area contributed by atoms with Crippen molar-refractivity contribution < 1.29 is 13.9 Å². The van der Waals surface area contributed by atoms with E-state index in [9.17, 15) is 9.59 Å². The van der Waals surface area contributed by atoms with Crippen LogP contribution >= 0.6 is 0 Å². The summed E-state index contributed by atoms with van der Waals surface area (Å²) in [7, 11) is 0. The minimum atomic E-state index is -0.605. The maximum absolute atomic E-state index is 11.8. The van der Waals surface area contributed by atoms with Crippen molar-refractivity contribution in [1.82, 2.24) is 0 Å². The Balaban J connectivity index is 2.79. The third-order valence-corrected chi connectivity index (χ3v) is 2.96. The first kappa shape index (κ1) is 15.5. The molecular weight excluding hydrogens is 244 g/mol. The van der Waals surface area contributed by atoms with Gasteiger partial charge in [0.1, 0.15) is 11.3 Å². The minimum Gasteiger partial charge on any atom is -0.462 e. The van der Waals surface area contributed by atoms with Gasteiger partial charge in [-0.15, -0.1) is 0 Å².